The predicted octanol–water partition coefficient (Wildman–Crippen LogP) is 3.96. The maximum atomic E-state index is 11.7. The van der Waals surface area contributed by atoms with Crippen molar-refractivity contribution in [1.29, 1.82) is 0 Å². The molecule has 2 aliphatic rings. The Morgan fingerprint density at radius 1 is 1.22 bits per heavy atom. The first kappa shape index (κ1) is 20.9. The van der Waals surface area contributed by atoms with Gasteiger partial charge in [-0.05, 0) is 31.3 Å². The Morgan fingerprint density at radius 2 is 2.03 bits per heavy atom. The zero-order valence-corrected chi connectivity index (χ0v) is 19.3. The molecule has 168 valence electrons. The van der Waals surface area contributed by atoms with Gasteiger partial charge in [0.2, 0.25) is 16.0 Å². The molecule has 32 heavy (non-hydrogen) atoms. The van der Waals surface area contributed by atoms with Crippen LogP contribution in [0.2, 0.25) is 0 Å². The smallest absolute Gasteiger partial charge is 0.333 e. The summed E-state index contributed by atoms with van der Waals surface area (Å²) in [6.07, 6.45) is 9.11. The summed E-state index contributed by atoms with van der Waals surface area (Å²) in [6, 6.07) is 0. The summed E-state index contributed by atoms with van der Waals surface area (Å²) >= 11 is 1.60. The third-order valence-electron chi connectivity index (χ3n) is 6.05. The molecular weight excluding hydrogens is 428 g/mol. The van der Waals surface area contributed by atoms with Crippen LogP contribution in [0.4, 0.5) is 5.13 Å². The predicted molar refractivity (Wildman–Crippen MR) is 121 cm³/mol. The lowest BCUT2D eigenvalue weighted by atomic mass is 9.97. The van der Waals surface area contributed by atoms with Crippen molar-refractivity contribution in [3.05, 3.63) is 41.3 Å². The Balaban J connectivity index is 1.25. The van der Waals surface area contributed by atoms with Gasteiger partial charge in [0, 0.05) is 30.5 Å². The minimum atomic E-state index is -0.263. The van der Waals surface area contributed by atoms with Crippen LogP contribution in [0.25, 0.3) is 10.5 Å². The van der Waals surface area contributed by atoms with Crippen LogP contribution >= 0.6 is 11.3 Å². The highest BCUT2D eigenvalue weighted by atomic mass is 32.1. The number of fused-ring (bicyclic) bond motifs is 1. The van der Waals surface area contributed by atoms with E-state index in [2.05, 4.69) is 28.9 Å². The third-order valence-corrected chi connectivity index (χ3v) is 7.03. The number of carbonyl (C=O) groups excluding carboxylic acids is 1. The van der Waals surface area contributed by atoms with Crippen LogP contribution < -0.4 is 4.90 Å². The van der Waals surface area contributed by atoms with E-state index in [1.54, 1.807) is 11.3 Å². The van der Waals surface area contributed by atoms with Crippen LogP contribution in [0.1, 0.15) is 68.8 Å². The zero-order valence-electron chi connectivity index (χ0n) is 18.4. The Kier molecular flexibility index (Phi) is 5.54. The zero-order chi connectivity index (χ0) is 22.2. The quantitative estimate of drug-likeness (QED) is 0.534. The van der Waals surface area contributed by atoms with Crippen molar-refractivity contribution in [3.63, 3.8) is 0 Å². The number of rotatable bonds is 5. The van der Waals surface area contributed by atoms with E-state index in [9.17, 15) is 4.79 Å². The summed E-state index contributed by atoms with van der Waals surface area (Å²) in [6.45, 7) is 5.95. The first-order valence-corrected chi connectivity index (χ1v) is 11.8. The highest BCUT2D eigenvalue weighted by molar-refractivity contribution is 7.20. The van der Waals surface area contributed by atoms with Gasteiger partial charge in [-0.25, -0.2) is 14.3 Å². The fourth-order valence-electron chi connectivity index (χ4n) is 4.09. The number of carbonyl (C=O) groups is 1. The SMILES string of the molecule is COC(=O)C1=CC=C(c2cn3nc(N4CCC(c5nc(C(C)C)no5)CC4)sc3n2)CC1. The van der Waals surface area contributed by atoms with Crippen molar-refractivity contribution < 1.29 is 14.1 Å². The number of esters is 1. The number of hydrogen-bond donors (Lipinski definition) is 0. The van der Waals surface area contributed by atoms with E-state index < -0.39 is 0 Å². The van der Waals surface area contributed by atoms with Gasteiger partial charge in [-0.2, -0.15) is 4.98 Å². The lowest BCUT2D eigenvalue weighted by molar-refractivity contribution is -0.136. The fourth-order valence-corrected chi connectivity index (χ4v) is 5.02. The standard InChI is InChI=1S/C22H26N6O3S/c1-13(2)18-24-19(31-26-18)15-8-10-27(11-9-15)22-25-28-12-17(23-21(28)32-22)14-4-6-16(7-5-14)20(29)30-3/h4,6,12-13,15H,5,7-11H2,1-3H3. The molecule has 1 aliphatic heterocycles. The first-order chi connectivity index (χ1) is 15.5. The number of aromatic nitrogens is 5. The minimum Gasteiger partial charge on any atom is -0.466 e. The second-order valence-corrected chi connectivity index (χ2v) is 9.45. The van der Waals surface area contributed by atoms with E-state index in [0.29, 0.717) is 17.9 Å². The number of nitrogens with zero attached hydrogens (tertiary/aromatic N) is 6. The third kappa shape index (κ3) is 3.94. The molecule has 0 spiro atoms. The number of piperidine rings is 1. The van der Waals surface area contributed by atoms with Crippen LogP contribution in [-0.2, 0) is 9.53 Å². The highest BCUT2D eigenvalue weighted by Gasteiger charge is 2.27. The maximum Gasteiger partial charge on any atom is 0.333 e. The molecule has 10 heteroatoms. The number of methoxy groups -OCH3 is 1. The second-order valence-electron chi connectivity index (χ2n) is 8.52. The Labute approximate surface area is 189 Å². The van der Waals surface area contributed by atoms with E-state index in [4.69, 9.17) is 19.3 Å². The number of anilines is 1. The van der Waals surface area contributed by atoms with Gasteiger partial charge in [0.25, 0.3) is 0 Å². The molecule has 3 aromatic rings. The summed E-state index contributed by atoms with van der Waals surface area (Å²) in [7, 11) is 1.41. The summed E-state index contributed by atoms with van der Waals surface area (Å²) < 4.78 is 12.2. The molecule has 0 bridgehead atoms. The van der Waals surface area contributed by atoms with Gasteiger partial charge >= 0.3 is 5.97 Å². The molecule has 9 nitrogen and oxygen atoms in total. The molecule has 1 fully saturated rings. The second kappa shape index (κ2) is 8.50. The molecule has 0 N–H and O–H groups in total. The Bertz CT molecular complexity index is 1160. The summed E-state index contributed by atoms with van der Waals surface area (Å²) in [5.74, 6) is 1.87. The van der Waals surface area contributed by atoms with Crippen molar-refractivity contribution in [2.45, 2.75) is 51.4 Å². The first-order valence-electron chi connectivity index (χ1n) is 10.9. The number of allylic oxidation sites excluding steroid dienone is 3. The number of ether oxygens (including phenoxy) is 1. The lowest BCUT2D eigenvalue weighted by Gasteiger charge is -2.29. The Hall–Kier alpha value is -3.01. The van der Waals surface area contributed by atoms with Gasteiger partial charge in [0.05, 0.1) is 19.0 Å². The topological polar surface area (TPSA) is 98.7 Å². The molecular formula is C22H26N6O3S. The van der Waals surface area contributed by atoms with Crippen LogP contribution in [0.5, 0.6) is 0 Å². The lowest BCUT2D eigenvalue weighted by Crippen LogP contribution is -2.33. The van der Waals surface area contributed by atoms with Gasteiger partial charge in [-0.1, -0.05) is 42.5 Å². The van der Waals surface area contributed by atoms with Gasteiger partial charge in [-0.3, -0.25) is 0 Å². The van der Waals surface area contributed by atoms with Crippen molar-refractivity contribution in [2.75, 3.05) is 25.1 Å². The van der Waals surface area contributed by atoms with Crippen molar-refractivity contribution in [2.24, 2.45) is 0 Å². The fraction of sp³-hybridized carbons (Fsp3) is 0.500. The van der Waals surface area contributed by atoms with E-state index in [1.807, 2.05) is 22.9 Å². The van der Waals surface area contributed by atoms with Crippen molar-refractivity contribution in [3.8, 4) is 0 Å². The van der Waals surface area contributed by atoms with Crippen LogP contribution in [0.3, 0.4) is 0 Å². The molecule has 1 saturated heterocycles. The molecule has 0 amide bonds. The molecule has 0 unspecified atom stereocenters. The summed E-state index contributed by atoms with van der Waals surface area (Å²) in [5.41, 5.74) is 2.71. The number of imidazole rings is 1. The normalized spacial score (nSPS) is 17.7. The van der Waals surface area contributed by atoms with Crippen molar-refractivity contribution in [1.82, 2.24) is 24.7 Å². The molecule has 0 saturated carbocycles. The molecule has 4 heterocycles. The monoisotopic (exact) mass is 454 g/mol. The molecule has 0 radical (unpaired) electrons. The molecule has 0 atom stereocenters. The minimum absolute atomic E-state index is 0.263. The maximum absolute atomic E-state index is 11.7. The van der Waals surface area contributed by atoms with Crippen molar-refractivity contribution >= 4 is 33.0 Å². The van der Waals surface area contributed by atoms with Crippen LogP contribution in [0, 0.1) is 0 Å². The van der Waals surface area contributed by atoms with Crippen LogP contribution in [0.15, 0.2) is 28.4 Å². The summed E-state index contributed by atoms with van der Waals surface area (Å²) in [4.78, 5) is 24.2. The van der Waals surface area contributed by atoms with E-state index in [-0.39, 0.29) is 11.9 Å². The molecule has 0 aromatic carbocycles. The largest absolute Gasteiger partial charge is 0.466 e. The highest BCUT2D eigenvalue weighted by Crippen LogP contribution is 2.33. The van der Waals surface area contributed by atoms with Gasteiger partial charge < -0.3 is 14.2 Å². The van der Waals surface area contributed by atoms with Crippen LogP contribution in [-0.4, -0.2) is 50.9 Å². The van der Waals surface area contributed by atoms with E-state index >= 15 is 0 Å². The molecule has 1 aliphatic carbocycles. The van der Waals surface area contributed by atoms with E-state index in [0.717, 1.165) is 65.4 Å². The van der Waals surface area contributed by atoms with E-state index in [1.165, 1.54) is 7.11 Å². The molecule has 3 aromatic heterocycles. The Morgan fingerprint density at radius 3 is 2.66 bits per heavy atom. The average molecular weight is 455 g/mol. The average Bonchev–Trinajstić information content (AvgIpc) is 3.54. The van der Waals surface area contributed by atoms with Gasteiger partial charge in [0.15, 0.2) is 5.82 Å². The van der Waals surface area contributed by atoms with Gasteiger partial charge in [0.1, 0.15) is 0 Å². The number of hydrogen-bond acceptors (Lipinski definition) is 9. The van der Waals surface area contributed by atoms with Gasteiger partial charge in [-0.15, -0.1) is 5.10 Å². The molecule has 5 rings (SSSR count). The summed E-state index contributed by atoms with van der Waals surface area (Å²) in [5, 5.41) is 9.85.